The number of carbonyl (C=O) groups excluding carboxylic acids is 2. The Bertz CT molecular complexity index is 667. The van der Waals surface area contributed by atoms with Crippen LogP contribution in [0.25, 0.3) is 11.0 Å². The van der Waals surface area contributed by atoms with Gasteiger partial charge in [-0.3, -0.25) is 14.6 Å². The summed E-state index contributed by atoms with van der Waals surface area (Å²) in [6.07, 6.45) is 1.45. The zero-order valence-electron chi connectivity index (χ0n) is 10.9. The molecule has 98 valence electrons. The second-order valence-electron chi connectivity index (χ2n) is 4.03. The van der Waals surface area contributed by atoms with Gasteiger partial charge in [0.15, 0.2) is 11.6 Å². The van der Waals surface area contributed by atoms with Gasteiger partial charge in [-0.05, 0) is 13.0 Å². The van der Waals surface area contributed by atoms with Gasteiger partial charge in [0.05, 0.1) is 29.9 Å². The second kappa shape index (κ2) is 5.01. The van der Waals surface area contributed by atoms with E-state index in [4.69, 9.17) is 4.74 Å². The Kier molecular flexibility index (Phi) is 3.41. The number of ketones is 1. The molecule has 0 saturated heterocycles. The van der Waals surface area contributed by atoms with Gasteiger partial charge in [0.1, 0.15) is 5.75 Å². The molecule has 0 fully saturated rings. The average Bonchev–Trinajstić information content (AvgIpc) is 2.36. The van der Waals surface area contributed by atoms with Crippen molar-refractivity contribution in [3.63, 3.8) is 0 Å². The molecule has 0 aliphatic carbocycles. The maximum absolute atomic E-state index is 11.5. The molecule has 0 saturated carbocycles. The number of nitrogens with one attached hydrogen (secondary N) is 1. The highest BCUT2D eigenvalue weighted by molar-refractivity contribution is 6.00. The lowest BCUT2D eigenvalue weighted by Crippen LogP contribution is -2.08. The summed E-state index contributed by atoms with van der Waals surface area (Å²) in [4.78, 5) is 30.9. The van der Waals surface area contributed by atoms with Crippen molar-refractivity contribution in [2.45, 2.75) is 13.8 Å². The third-order valence-electron chi connectivity index (χ3n) is 2.55. The monoisotopic (exact) mass is 259 g/mol. The highest BCUT2D eigenvalue weighted by Crippen LogP contribution is 2.24. The summed E-state index contributed by atoms with van der Waals surface area (Å²) in [5.74, 6) is 0.459. The Labute approximate surface area is 109 Å². The van der Waals surface area contributed by atoms with Gasteiger partial charge >= 0.3 is 0 Å². The fourth-order valence-corrected chi connectivity index (χ4v) is 1.72. The average molecular weight is 259 g/mol. The summed E-state index contributed by atoms with van der Waals surface area (Å²) in [5, 5.41) is 2.55. The number of Topliss-reactive ketones (excluding diaryl/α,β-unsaturated/α-hetero) is 1. The van der Waals surface area contributed by atoms with E-state index in [1.165, 1.54) is 27.2 Å². The normalized spacial score (nSPS) is 10.3. The number of benzene rings is 1. The molecular weight excluding hydrogens is 246 g/mol. The van der Waals surface area contributed by atoms with Crippen LogP contribution in [0, 0.1) is 0 Å². The van der Waals surface area contributed by atoms with E-state index in [2.05, 4.69) is 15.3 Å². The Morgan fingerprint density at radius 1 is 1.21 bits per heavy atom. The summed E-state index contributed by atoms with van der Waals surface area (Å²) in [6.45, 7) is 2.84. The SMILES string of the molecule is COc1cc2ncc(NC(C)=O)nc2cc1C(C)=O. The van der Waals surface area contributed by atoms with Crippen molar-refractivity contribution in [1.82, 2.24) is 9.97 Å². The smallest absolute Gasteiger partial charge is 0.222 e. The molecule has 0 spiro atoms. The first-order chi connectivity index (χ1) is 9.01. The van der Waals surface area contributed by atoms with Crippen LogP contribution in [0.5, 0.6) is 5.75 Å². The maximum atomic E-state index is 11.5. The van der Waals surface area contributed by atoms with Crippen LogP contribution in [0.2, 0.25) is 0 Å². The van der Waals surface area contributed by atoms with Gasteiger partial charge in [-0.2, -0.15) is 0 Å². The predicted octanol–water partition coefficient (Wildman–Crippen LogP) is 1.80. The molecule has 2 rings (SSSR count). The lowest BCUT2D eigenvalue weighted by atomic mass is 10.1. The molecular formula is C13H13N3O3. The zero-order valence-corrected chi connectivity index (χ0v) is 10.9. The van der Waals surface area contributed by atoms with E-state index in [1.807, 2.05) is 0 Å². The van der Waals surface area contributed by atoms with Crippen molar-refractivity contribution in [2.24, 2.45) is 0 Å². The van der Waals surface area contributed by atoms with E-state index in [0.717, 1.165) is 0 Å². The zero-order chi connectivity index (χ0) is 14.0. The van der Waals surface area contributed by atoms with Crippen LogP contribution in [-0.4, -0.2) is 28.8 Å². The molecule has 6 heteroatoms. The van der Waals surface area contributed by atoms with E-state index in [9.17, 15) is 9.59 Å². The number of fused-ring (bicyclic) bond motifs is 1. The minimum absolute atomic E-state index is 0.120. The number of hydrogen-bond acceptors (Lipinski definition) is 5. The fraction of sp³-hybridized carbons (Fsp3) is 0.231. The van der Waals surface area contributed by atoms with Crippen molar-refractivity contribution in [3.05, 3.63) is 23.9 Å². The van der Waals surface area contributed by atoms with E-state index in [0.29, 0.717) is 28.2 Å². The van der Waals surface area contributed by atoms with Crippen LogP contribution in [0.15, 0.2) is 18.3 Å². The molecule has 0 atom stereocenters. The summed E-state index contributed by atoms with van der Waals surface area (Å²) < 4.78 is 5.15. The molecule has 1 amide bonds. The van der Waals surface area contributed by atoms with Crippen LogP contribution in [0.3, 0.4) is 0 Å². The highest BCUT2D eigenvalue weighted by Gasteiger charge is 2.11. The topological polar surface area (TPSA) is 81.2 Å². The van der Waals surface area contributed by atoms with Crippen molar-refractivity contribution >= 4 is 28.5 Å². The third-order valence-corrected chi connectivity index (χ3v) is 2.55. The number of amides is 1. The Morgan fingerprint density at radius 2 is 1.95 bits per heavy atom. The molecule has 0 bridgehead atoms. The van der Waals surface area contributed by atoms with Crippen molar-refractivity contribution in [1.29, 1.82) is 0 Å². The van der Waals surface area contributed by atoms with Gasteiger partial charge in [0.2, 0.25) is 5.91 Å². The molecule has 1 N–H and O–H groups in total. The number of aromatic nitrogens is 2. The molecule has 0 unspecified atom stereocenters. The van der Waals surface area contributed by atoms with Gasteiger partial charge < -0.3 is 10.1 Å². The summed E-state index contributed by atoms with van der Waals surface area (Å²) in [6, 6.07) is 3.26. The Balaban J connectivity index is 2.59. The van der Waals surface area contributed by atoms with E-state index < -0.39 is 0 Å². The van der Waals surface area contributed by atoms with Gasteiger partial charge in [0, 0.05) is 13.0 Å². The van der Waals surface area contributed by atoms with Crippen molar-refractivity contribution in [2.75, 3.05) is 12.4 Å². The number of carbonyl (C=O) groups is 2. The van der Waals surface area contributed by atoms with Crippen molar-refractivity contribution < 1.29 is 14.3 Å². The lowest BCUT2D eigenvalue weighted by Gasteiger charge is -2.08. The van der Waals surface area contributed by atoms with Gasteiger partial charge in [-0.25, -0.2) is 4.98 Å². The third kappa shape index (κ3) is 2.67. The quantitative estimate of drug-likeness (QED) is 0.850. The van der Waals surface area contributed by atoms with E-state index >= 15 is 0 Å². The molecule has 1 heterocycles. The summed E-state index contributed by atoms with van der Waals surface area (Å²) >= 11 is 0. The number of anilines is 1. The molecule has 6 nitrogen and oxygen atoms in total. The first-order valence-corrected chi connectivity index (χ1v) is 5.64. The first kappa shape index (κ1) is 12.9. The predicted molar refractivity (Wildman–Crippen MR) is 70.4 cm³/mol. The number of rotatable bonds is 3. The largest absolute Gasteiger partial charge is 0.496 e. The lowest BCUT2D eigenvalue weighted by molar-refractivity contribution is -0.114. The molecule has 1 aromatic carbocycles. The summed E-state index contributed by atoms with van der Waals surface area (Å²) in [7, 11) is 1.49. The second-order valence-corrected chi connectivity index (χ2v) is 4.03. The maximum Gasteiger partial charge on any atom is 0.222 e. The number of nitrogens with zero attached hydrogens (tertiary/aromatic N) is 2. The Hall–Kier alpha value is -2.50. The van der Waals surface area contributed by atoms with Crippen LogP contribution >= 0.6 is 0 Å². The molecule has 0 aliphatic heterocycles. The van der Waals surface area contributed by atoms with Crippen molar-refractivity contribution in [3.8, 4) is 5.75 Å². The number of ether oxygens (including phenoxy) is 1. The highest BCUT2D eigenvalue weighted by atomic mass is 16.5. The minimum Gasteiger partial charge on any atom is -0.496 e. The molecule has 0 radical (unpaired) electrons. The standard InChI is InChI=1S/C13H13N3O3/c1-7(17)9-4-11-10(5-12(9)19-3)14-6-13(16-11)15-8(2)18/h4-6H,1-3H3,(H,15,16,18). The molecule has 0 aliphatic rings. The van der Waals surface area contributed by atoms with Crippen LogP contribution in [0.1, 0.15) is 24.2 Å². The number of methoxy groups -OCH3 is 1. The van der Waals surface area contributed by atoms with E-state index in [-0.39, 0.29) is 11.7 Å². The molecule has 1 aromatic heterocycles. The minimum atomic E-state index is -0.228. The van der Waals surface area contributed by atoms with Gasteiger partial charge in [-0.1, -0.05) is 0 Å². The van der Waals surface area contributed by atoms with E-state index in [1.54, 1.807) is 12.1 Å². The van der Waals surface area contributed by atoms with Gasteiger partial charge in [-0.15, -0.1) is 0 Å². The van der Waals surface area contributed by atoms with Crippen LogP contribution < -0.4 is 10.1 Å². The summed E-state index contributed by atoms with van der Waals surface area (Å²) in [5.41, 5.74) is 1.55. The first-order valence-electron chi connectivity index (χ1n) is 5.64. The van der Waals surface area contributed by atoms with Gasteiger partial charge in [0.25, 0.3) is 0 Å². The molecule has 2 aromatic rings. The Morgan fingerprint density at radius 3 is 2.53 bits per heavy atom. The fourth-order valence-electron chi connectivity index (χ4n) is 1.72. The molecule has 19 heavy (non-hydrogen) atoms. The number of hydrogen-bond donors (Lipinski definition) is 1. The van der Waals surface area contributed by atoms with Crippen LogP contribution in [0.4, 0.5) is 5.82 Å². The van der Waals surface area contributed by atoms with Crippen LogP contribution in [-0.2, 0) is 4.79 Å².